The molecule has 4 heterocycles. The van der Waals surface area contributed by atoms with Crippen LogP contribution in [0.4, 0.5) is 16.3 Å². The molecule has 0 aromatic carbocycles. The van der Waals surface area contributed by atoms with Gasteiger partial charge in [0.25, 0.3) is 5.69 Å². The Kier molecular flexibility index (Phi) is 4.65. The van der Waals surface area contributed by atoms with Crippen LogP contribution in [0, 0.1) is 23.0 Å². The van der Waals surface area contributed by atoms with E-state index in [-0.39, 0.29) is 17.6 Å². The molecular formula is C19H26N4O5. The molecule has 4 atom stereocenters. The topological polar surface area (TPSA) is 120 Å². The molecule has 3 aliphatic rings. The SMILES string of the molecule is Cc1cc([N+](=O)[O-])cnc1N1CCCC(C23CCC(CC(O)C2)N3C(=O)O)C1. The van der Waals surface area contributed by atoms with E-state index < -0.39 is 22.7 Å². The summed E-state index contributed by atoms with van der Waals surface area (Å²) in [6.07, 6.45) is 4.33. The van der Waals surface area contributed by atoms with Gasteiger partial charge < -0.3 is 15.1 Å². The Morgan fingerprint density at radius 1 is 1.43 bits per heavy atom. The molecule has 2 bridgehead atoms. The predicted molar refractivity (Wildman–Crippen MR) is 101 cm³/mol. The van der Waals surface area contributed by atoms with Gasteiger partial charge in [0.2, 0.25) is 0 Å². The number of carboxylic acid groups (broad SMARTS) is 1. The fourth-order valence-corrected chi connectivity index (χ4v) is 5.76. The number of anilines is 1. The van der Waals surface area contributed by atoms with Crippen LogP contribution in [-0.4, -0.2) is 61.9 Å². The van der Waals surface area contributed by atoms with Gasteiger partial charge >= 0.3 is 6.09 Å². The first kappa shape index (κ1) is 18.9. The molecular weight excluding hydrogens is 364 g/mol. The van der Waals surface area contributed by atoms with Gasteiger partial charge in [0.15, 0.2) is 0 Å². The number of amides is 1. The minimum atomic E-state index is -0.892. The molecule has 1 amide bonds. The van der Waals surface area contributed by atoms with Crippen molar-refractivity contribution < 1.29 is 19.9 Å². The molecule has 1 aromatic heterocycles. The highest BCUT2D eigenvalue weighted by atomic mass is 16.6. The summed E-state index contributed by atoms with van der Waals surface area (Å²) < 4.78 is 0. The fourth-order valence-electron chi connectivity index (χ4n) is 5.76. The van der Waals surface area contributed by atoms with E-state index in [1.54, 1.807) is 4.90 Å². The second-order valence-corrected chi connectivity index (χ2v) is 8.42. The van der Waals surface area contributed by atoms with Crippen LogP contribution in [-0.2, 0) is 0 Å². The zero-order valence-electron chi connectivity index (χ0n) is 16.0. The van der Waals surface area contributed by atoms with E-state index in [1.807, 2.05) is 6.92 Å². The van der Waals surface area contributed by atoms with Crippen molar-refractivity contribution >= 4 is 17.6 Å². The van der Waals surface area contributed by atoms with Crippen molar-refractivity contribution in [3.63, 3.8) is 0 Å². The van der Waals surface area contributed by atoms with Crippen LogP contribution >= 0.6 is 0 Å². The largest absolute Gasteiger partial charge is 0.465 e. The first-order chi connectivity index (χ1) is 13.3. The van der Waals surface area contributed by atoms with Gasteiger partial charge in [-0.1, -0.05) is 0 Å². The number of hydrogen-bond acceptors (Lipinski definition) is 6. The molecule has 0 radical (unpaired) electrons. The lowest BCUT2D eigenvalue weighted by molar-refractivity contribution is -0.385. The highest BCUT2D eigenvalue weighted by Crippen LogP contribution is 2.50. The van der Waals surface area contributed by atoms with Crippen LogP contribution in [0.1, 0.15) is 44.1 Å². The molecule has 1 aromatic rings. The third kappa shape index (κ3) is 2.97. The quantitative estimate of drug-likeness (QED) is 0.601. The lowest BCUT2D eigenvalue weighted by Gasteiger charge is -2.52. The van der Waals surface area contributed by atoms with Crippen molar-refractivity contribution in [2.45, 2.75) is 63.1 Å². The van der Waals surface area contributed by atoms with Crippen molar-refractivity contribution in [2.75, 3.05) is 18.0 Å². The molecule has 4 rings (SSSR count). The molecule has 3 saturated heterocycles. The second kappa shape index (κ2) is 6.88. The summed E-state index contributed by atoms with van der Waals surface area (Å²) in [5.74, 6) is 0.827. The Labute approximate surface area is 163 Å². The number of carbonyl (C=O) groups is 1. The molecule has 0 spiro atoms. The summed E-state index contributed by atoms with van der Waals surface area (Å²) in [6.45, 7) is 3.25. The van der Waals surface area contributed by atoms with Gasteiger partial charge in [-0.15, -0.1) is 0 Å². The standard InChI is InChI=1S/C19H26N4O5/c1-12-7-15(23(27)28)10-20-17(12)21-6-2-3-13(11-21)19-5-4-14(8-16(24)9-19)22(19)18(25)26/h7,10,13-14,16,24H,2-6,8-9,11H2,1H3,(H,25,26). The maximum atomic E-state index is 12.0. The van der Waals surface area contributed by atoms with E-state index in [4.69, 9.17) is 0 Å². The number of pyridine rings is 1. The minimum Gasteiger partial charge on any atom is -0.465 e. The molecule has 9 heteroatoms. The summed E-state index contributed by atoms with van der Waals surface area (Å²) >= 11 is 0. The fraction of sp³-hybridized carbons (Fsp3) is 0.684. The first-order valence-corrected chi connectivity index (χ1v) is 9.88. The first-order valence-electron chi connectivity index (χ1n) is 9.88. The lowest BCUT2D eigenvalue weighted by Crippen LogP contribution is -2.62. The molecule has 2 N–H and O–H groups in total. The van der Waals surface area contributed by atoms with Crippen molar-refractivity contribution in [1.82, 2.24) is 9.88 Å². The van der Waals surface area contributed by atoms with Crippen LogP contribution in [0.2, 0.25) is 0 Å². The van der Waals surface area contributed by atoms with E-state index >= 15 is 0 Å². The molecule has 4 unspecified atom stereocenters. The lowest BCUT2D eigenvalue weighted by atomic mass is 9.72. The second-order valence-electron chi connectivity index (χ2n) is 8.42. The number of aliphatic hydroxyl groups is 1. The summed E-state index contributed by atoms with van der Waals surface area (Å²) in [6, 6.07) is 1.43. The summed E-state index contributed by atoms with van der Waals surface area (Å²) in [7, 11) is 0. The van der Waals surface area contributed by atoms with Gasteiger partial charge in [0.05, 0.1) is 16.6 Å². The number of nitro groups is 1. The van der Waals surface area contributed by atoms with Crippen LogP contribution < -0.4 is 4.90 Å². The maximum Gasteiger partial charge on any atom is 0.408 e. The number of aliphatic hydroxyl groups excluding tert-OH is 1. The number of hydrogen-bond donors (Lipinski definition) is 2. The van der Waals surface area contributed by atoms with E-state index in [0.717, 1.165) is 43.6 Å². The molecule has 152 valence electrons. The number of aromatic nitrogens is 1. The number of nitrogens with zero attached hydrogens (tertiary/aromatic N) is 4. The van der Waals surface area contributed by atoms with E-state index in [0.29, 0.717) is 19.4 Å². The highest BCUT2D eigenvalue weighted by molar-refractivity contribution is 5.68. The predicted octanol–water partition coefficient (Wildman–Crippen LogP) is 2.55. The van der Waals surface area contributed by atoms with Gasteiger partial charge in [-0.3, -0.25) is 15.0 Å². The monoisotopic (exact) mass is 390 g/mol. The normalized spacial score (nSPS) is 32.4. The van der Waals surface area contributed by atoms with Crippen molar-refractivity contribution in [3.8, 4) is 0 Å². The van der Waals surface area contributed by atoms with Crippen LogP contribution in [0.25, 0.3) is 0 Å². The molecule has 0 saturated carbocycles. The average Bonchev–Trinajstić information content (AvgIpc) is 2.91. The minimum absolute atomic E-state index is 0.0282. The van der Waals surface area contributed by atoms with E-state index in [2.05, 4.69) is 9.88 Å². The van der Waals surface area contributed by atoms with Crippen molar-refractivity contribution in [3.05, 3.63) is 27.9 Å². The Morgan fingerprint density at radius 2 is 2.21 bits per heavy atom. The Morgan fingerprint density at radius 3 is 2.89 bits per heavy atom. The zero-order chi connectivity index (χ0) is 20.1. The van der Waals surface area contributed by atoms with Gasteiger partial charge in [-0.2, -0.15) is 0 Å². The van der Waals surface area contributed by atoms with Crippen LogP contribution in [0.3, 0.4) is 0 Å². The third-order valence-electron chi connectivity index (χ3n) is 6.82. The summed E-state index contributed by atoms with van der Waals surface area (Å²) in [4.78, 5) is 30.7. The Balaban J connectivity index is 1.61. The van der Waals surface area contributed by atoms with Crippen molar-refractivity contribution in [1.29, 1.82) is 0 Å². The maximum absolute atomic E-state index is 12.0. The van der Waals surface area contributed by atoms with E-state index in [9.17, 15) is 25.1 Å². The summed E-state index contributed by atoms with van der Waals surface area (Å²) in [5, 5.41) is 31.2. The molecule has 0 aliphatic carbocycles. The van der Waals surface area contributed by atoms with Crippen LogP contribution in [0.5, 0.6) is 0 Å². The van der Waals surface area contributed by atoms with Gasteiger partial charge in [0, 0.05) is 31.1 Å². The Hall–Kier alpha value is -2.42. The Bertz CT molecular complexity index is 803. The number of aryl methyl sites for hydroxylation is 1. The molecule has 28 heavy (non-hydrogen) atoms. The summed E-state index contributed by atoms with van der Waals surface area (Å²) in [5.41, 5.74) is 0.191. The number of piperidine rings is 2. The smallest absolute Gasteiger partial charge is 0.408 e. The van der Waals surface area contributed by atoms with Gasteiger partial charge in [-0.25, -0.2) is 9.78 Å². The van der Waals surface area contributed by atoms with E-state index in [1.165, 1.54) is 12.3 Å². The molecule has 3 fully saturated rings. The van der Waals surface area contributed by atoms with Gasteiger partial charge in [0.1, 0.15) is 12.0 Å². The van der Waals surface area contributed by atoms with Crippen molar-refractivity contribution in [2.24, 2.45) is 5.92 Å². The van der Waals surface area contributed by atoms with Crippen LogP contribution in [0.15, 0.2) is 12.3 Å². The molecule has 3 aliphatic heterocycles. The molecule has 9 nitrogen and oxygen atoms in total. The zero-order valence-corrected chi connectivity index (χ0v) is 16.0. The van der Waals surface area contributed by atoms with Gasteiger partial charge in [-0.05, 0) is 51.0 Å². The number of fused-ring (bicyclic) bond motifs is 2. The highest BCUT2D eigenvalue weighted by Gasteiger charge is 2.57. The average molecular weight is 390 g/mol. The number of rotatable bonds is 3. The third-order valence-corrected chi connectivity index (χ3v) is 6.82.